The molecule has 0 aliphatic carbocycles. The predicted molar refractivity (Wildman–Crippen MR) is 104 cm³/mol. The van der Waals surface area contributed by atoms with Gasteiger partial charge in [0.1, 0.15) is 11.6 Å². The van der Waals surface area contributed by atoms with Gasteiger partial charge in [0.2, 0.25) is 11.8 Å². The summed E-state index contributed by atoms with van der Waals surface area (Å²) in [5, 5.41) is 5.76. The number of halogens is 2. The highest BCUT2D eigenvalue weighted by atomic mass is 35.5. The number of anilines is 2. The largest absolute Gasteiger partial charge is 0.495 e. The van der Waals surface area contributed by atoms with Crippen LogP contribution in [0.4, 0.5) is 15.8 Å². The molecule has 0 aromatic heterocycles. The molecule has 0 radical (unpaired) electrons. The van der Waals surface area contributed by atoms with E-state index in [0.717, 1.165) is 0 Å². The minimum atomic E-state index is -0.393. The molecule has 0 spiro atoms. The maximum atomic E-state index is 13.5. The molecule has 0 saturated heterocycles. The summed E-state index contributed by atoms with van der Waals surface area (Å²) in [5.41, 5.74) is 1.31. The second kappa shape index (κ2) is 9.34. The van der Waals surface area contributed by atoms with Gasteiger partial charge in [-0.25, -0.2) is 4.39 Å². The molecule has 0 fully saturated rings. The van der Waals surface area contributed by atoms with Gasteiger partial charge in [0.25, 0.3) is 0 Å². The monoisotopic (exact) mass is 393 g/mol. The van der Waals surface area contributed by atoms with Gasteiger partial charge in [0.05, 0.1) is 25.9 Å². The zero-order valence-corrected chi connectivity index (χ0v) is 16.1. The zero-order valence-electron chi connectivity index (χ0n) is 15.3. The van der Waals surface area contributed by atoms with E-state index in [1.807, 2.05) is 0 Å². The maximum Gasteiger partial charge on any atom is 0.238 e. The second-order valence-electron chi connectivity index (χ2n) is 6.08. The molecule has 0 heterocycles. The van der Waals surface area contributed by atoms with Crippen LogP contribution in [0.5, 0.6) is 5.75 Å². The van der Waals surface area contributed by atoms with Gasteiger partial charge in [-0.1, -0.05) is 17.7 Å². The van der Waals surface area contributed by atoms with Crippen LogP contribution in [0.1, 0.15) is 5.56 Å². The molecule has 0 saturated carbocycles. The van der Waals surface area contributed by atoms with Crippen LogP contribution >= 0.6 is 11.6 Å². The first-order chi connectivity index (χ1) is 12.8. The third-order valence-corrected chi connectivity index (χ3v) is 3.95. The highest BCUT2D eigenvalue weighted by Gasteiger charge is 2.13. The first-order valence-corrected chi connectivity index (χ1v) is 8.54. The lowest BCUT2D eigenvalue weighted by atomic mass is 10.2. The smallest absolute Gasteiger partial charge is 0.238 e. The number of nitrogens with zero attached hydrogens (tertiary/aromatic N) is 1. The van der Waals surface area contributed by atoms with Gasteiger partial charge in [-0.05, 0) is 49.9 Å². The van der Waals surface area contributed by atoms with Gasteiger partial charge in [0, 0.05) is 10.7 Å². The zero-order chi connectivity index (χ0) is 20.0. The van der Waals surface area contributed by atoms with Crippen LogP contribution in [-0.2, 0) is 9.59 Å². The van der Waals surface area contributed by atoms with Crippen molar-refractivity contribution in [1.82, 2.24) is 4.90 Å². The lowest BCUT2D eigenvalue weighted by Gasteiger charge is -2.17. The van der Waals surface area contributed by atoms with Gasteiger partial charge < -0.3 is 15.4 Å². The molecule has 8 heteroatoms. The molecule has 2 aromatic carbocycles. The Morgan fingerprint density at radius 1 is 1.11 bits per heavy atom. The fourth-order valence-electron chi connectivity index (χ4n) is 2.38. The molecule has 6 nitrogen and oxygen atoms in total. The SMILES string of the molecule is COc1ccc(Cl)cc1NC(=O)CN(C)CC(=O)Nc1ccc(C)c(F)c1. The molecule has 0 bridgehead atoms. The number of methoxy groups -OCH3 is 1. The van der Waals surface area contributed by atoms with Crippen molar-refractivity contribution in [2.75, 3.05) is 37.9 Å². The Bertz CT molecular complexity index is 845. The van der Waals surface area contributed by atoms with Gasteiger partial charge in [-0.3, -0.25) is 14.5 Å². The summed E-state index contributed by atoms with van der Waals surface area (Å²) >= 11 is 5.93. The van der Waals surface area contributed by atoms with E-state index in [1.54, 1.807) is 44.3 Å². The lowest BCUT2D eigenvalue weighted by molar-refractivity contribution is -0.119. The van der Waals surface area contributed by atoms with Crippen LogP contribution in [0.15, 0.2) is 36.4 Å². The van der Waals surface area contributed by atoms with Crippen molar-refractivity contribution in [3.63, 3.8) is 0 Å². The number of hydrogen-bond acceptors (Lipinski definition) is 4. The summed E-state index contributed by atoms with van der Waals surface area (Å²) < 4.78 is 18.7. The Kier molecular flexibility index (Phi) is 7.15. The van der Waals surface area contributed by atoms with Crippen LogP contribution in [0.2, 0.25) is 5.02 Å². The second-order valence-corrected chi connectivity index (χ2v) is 6.51. The molecule has 2 N–H and O–H groups in total. The van der Waals surface area contributed by atoms with Crippen molar-refractivity contribution in [1.29, 1.82) is 0 Å². The van der Waals surface area contributed by atoms with Crippen molar-refractivity contribution in [3.8, 4) is 5.75 Å². The Morgan fingerprint density at radius 3 is 2.41 bits per heavy atom. The molecule has 2 rings (SSSR count). The number of benzene rings is 2. The summed E-state index contributed by atoms with van der Waals surface area (Å²) in [6.45, 7) is 1.59. The molecule has 27 heavy (non-hydrogen) atoms. The van der Waals surface area contributed by atoms with E-state index in [4.69, 9.17) is 16.3 Å². The average molecular weight is 394 g/mol. The van der Waals surface area contributed by atoms with Gasteiger partial charge >= 0.3 is 0 Å². The van der Waals surface area contributed by atoms with E-state index in [-0.39, 0.29) is 24.9 Å². The number of amides is 2. The normalized spacial score (nSPS) is 10.6. The number of carbonyl (C=O) groups is 2. The average Bonchev–Trinajstić information content (AvgIpc) is 2.58. The molecule has 0 aliphatic heterocycles. The van der Waals surface area contributed by atoms with E-state index >= 15 is 0 Å². The van der Waals surface area contributed by atoms with Crippen LogP contribution in [0.25, 0.3) is 0 Å². The number of rotatable bonds is 7. The van der Waals surface area contributed by atoms with Crippen LogP contribution in [0, 0.1) is 12.7 Å². The molecular formula is C19H21ClFN3O3. The number of likely N-dealkylation sites (N-methyl/N-ethyl adjacent to an activating group) is 1. The number of carbonyl (C=O) groups excluding carboxylic acids is 2. The standard InChI is InChI=1S/C19H21ClFN3O3/c1-12-4-6-14(9-15(12)21)22-18(25)10-24(2)11-19(26)23-16-8-13(20)5-7-17(16)27-3/h4-9H,10-11H2,1-3H3,(H,22,25)(H,23,26). The van der Waals surface area contributed by atoms with Crippen molar-refractivity contribution < 1.29 is 18.7 Å². The van der Waals surface area contributed by atoms with E-state index in [9.17, 15) is 14.0 Å². The van der Waals surface area contributed by atoms with Crippen LogP contribution < -0.4 is 15.4 Å². The predicted octanol–water partition coefficient (Wildman–Crippen LogP) is 3.31. The summed E-state index contributed by atoms with van der Waals surface area (Å²) in [4.78, 5) is 25.8. The van der Waals surface area contributed by atoms with Crippen LogP contribution in [0.3, 0.4) is 0 Å². The number of aryl methyl sites for hydroxylation is 1. The number of nitrogens with one attached hydrogen (secondary N) is 2. The number of ether oxygens (including phenoxy) is 1. The van der Waals surface area contributed by atoms with Crippen molar-refractivity contribution >= 4 is 34.8 Å². The van der Waals surface area contributed by atoms with Crippen molar-refractivity contribution in [2.45, 2.75) is 6.92 Å². The Morgan fingerprint density at radius 2 is 1.78 bits per heavy atom. The minimum absolute atomic E-state index is 0.0225. The quantitative estimate of drug-likeness (QED) is 0.757. The third-order valence-electron chi connectivity index (χ3n) is 3.72. The highest BCUT2D eigenvalue weighted by Crippen LogP contribution is 2.27. The van der Waals surface area contributed by atoms with Gasteiger partial charge in [-0.15, -0.1) is 0 Å². The maximum absolute atomic E-state index is 13.5. The molecule has 144 valence electrons. The highest BCUT2D eigenvalue weighted by molar-refractivity contribution is 6.31. The molecule has 2 aromatic rings. The van der Waals surface area contributed by atoms with E-state index in [0.29, 0.717) is 27.7 Å². The molecule has 0 aliphatic rings. The van der Waals surface area contributed by atoms with Crippen molar-refractivity contribution in [3.05, 3.63) is 52.8 Å². The Balaban J connectivity index is 1.88. The summed E-state index contributed by atoms with van der Waals surface area (Å²) in [5.74, 6) is -0.591. The first-order valence-electron chi connectivity index (χ1n) is 8.16. The lowest BCUT2D eigenvalue weighted by Crippen LogP contribution is -2.36. The van der Waals surface area contributed by atoms with Crippen LogP contribution in [-0.4, -0.2) is 44.0 Å². The molecule has 0 atom stereocenters. The van der Waals surface area contributed by atoms with Gasteiger partial charge in [-0.2, -0.15) is 0 Å². The fraction of sp³-hybridized carbons (Fsp3) is 0.263. The summed E-state index contributed by atoms with van der Waals surface area (Å²) in [7, 11) is 3.12. The first kappa shape index (κ1) is 20.7. The van der Waals surface area contributed by atoms with Gasteiger partial charge in [0.15, 0.2) is 0 Å². The van der Waals surface area contributed by atoms with E-state index in [1.165, 1.54) is 18.1 Å². The summed E-state index contributed by atoms with van der Waals surface area (Å²) in [6, 6.07) is 9.34. The molecule has 2 amide bonds. The minimum Gasteiger partial charge on any atom is -0.495 e. The van der Waals surface area contributed by atoms with E-state index in [2.05, 4.69) is 10.6 Å². The third kappa shape index (κ3) is 6.23. The Labute approximate surface area is 162 Å². The Hall–Kier alpha value is -2.64. The summed E-state index contributed by atoms with van der Waals surface area (Å²) in [6.07, 6.45) is 0. The fourth-order valence-corrected chi connectivity index (χ4v) is 2.56. The van der Waals surface area contributed by atoms with Crippen molar-refractivity contribution in [2.24, 2.45) is 0 Å². The number of hydrogen-bond donors (Lipinski definition) is 2. The molecular weight excluding hydrogens is 373 g/mol. The van der Waals surface area contributed by atoms with E-state index < -0.39 is 5.82 Å². The molecule has 0 unspecified atom stereocenters. The topological polar surface area (TPSA) is 70.7 Å².